The fourth-order valence-corrected chi connectivity index (χ4v) is 4.04. The number of rotatable bonds is 5. The average Bonchev–Trinajstić information content (AvgIpc) is 3.53. The average molecular weight is 455 g/mol. The van der Waals surface area contributed by atoms with Gasteiger partial charge in [0.2, 0.25) is 5.91 Å². The fraction of sp³-hybridized carbons (Fsp3) is 0.231. The summed E-state index contributed by atoms with van der Waals surface area (Å²) in [4.78, 5) is 16.9. The summed E-state index contributed by atoms with van der Waals surface area (Å²) >= 11 is 0. The highest BCUT2D eigenvalue weighted by molar-refractivity contribution is 5.85. The predicted octanol–water partition coefficient (Wildman–Crippen LogP) is 4.33. The van der Waals surface area contributed by atoms with Gasteiger partial charge in [-0.3, -0.25) is 14.0 Å². The third kappa shape index (κ3) is 3.87. The van der Waals surface area contributed by atoms with Crippen molar-refractivity contribution in [3.63, 3.8) is 0 Å². The Kier molecular flexibility index (Phi) is 5.08. The number of fused-ring (bicyclic) bond motifs is 1. The summed E-state index contributed by atoms with van der Waals surface area (Å²) < 4.78 is 9.30. The lowest BCUT2D eigenvalue weighted by Crippen LogP contribution is -2.22. The van der Waals surface area contributed by atoms with Gasteiger partial charge in [-0.05, 0) is 35.4 Å². The number of hydrogen-bond donors (Lipinski definition) is 1. The second-order valence-electron chi connectivity index (χ2n) is 9.51. The molecule has 0 saturated heterocycles. The van der Waals surface area contributed by atoms with E-state index in [1.165, 1.54) is 0 Å². The minimum atomic E-state index is -0.709. The normalized spacial score (nSPS) is 12.8. The zero-order valence-corrected chi connectivity index (χ0v) is 19.6. The Morgan fingerprint density at radius 1 is 1.06 bits per heavy atom. The van der Waals surface area contributed by atoms with Gasteiger partial charge < -0.3 is 10.3 Å². The van der Waals surface area contributed by atoms with Crippen LogP contribution in [0.5, 0.6) is 0 Å². The molecular weight excluding hydrogens is 428 g/mol. The van der Waals surface area contributed by atoms with Gasteiger partial charge in [-0.15, -0.1) is 0 Å². The van der Waals surface area contributed by atoms with E-state index in [-0.39, 0.29) is 5.41 Å². The predicted molar refractivity (Wildman–Crippen MR) is 130 cm³/mol. The van der Waals surface area contributed by atoms with Crippen LogP contribution in [0.4, 0.5) is 0 Å². The number of aromatic nitrogens is 5. The molecule has 0 aliphatic heterocycles. The molecule has 1 unspecified atom stereocenters. The number of amides is 1. The Balaban J connectivity index is 1.46. The summed E-state index contributed by atoms with van der Waals surface area (Å²) in [5.74, 6) is -0.749. The van der Waals surface area contributed by atoms with Gasteiger partial charge in [0, 0.05) is 36.0 Å². The first-order valence-electron chi connectivity index (χ1n) is 11.0. The first-order chi connectivity index (χ1) is 16.2. The Labute approximate surface area is 197 Å². The van der Waals surface area contributed by atoms with Gasteiger partial charge in [-0.2, -0.15) is 5.10 Å². The van der Waals surface area contributed by atoms with Crippen LogP contribution in [0.15, 0.2) is 71.8 Å². The van der Waals surface area contributed by atoms with Crippen molar-refractivity contribution < 1.29 is 9.32 Å². The molecule has 5 rings (SSSR count). The van der Waals surface area contributed by atoms with Crippen LogP contribution in [0.3, 0.4) is 0 Å². The van der Waals surface area contributed by atoms with E-state index in [0.29, 0.717) is 5.76 Å². The second-order valence-corrected chi connectivity index (χ2v) is 9.51. The molecule has 0 fully saturated rings. The summed E-state index contributed by atoms with van der Waals surface area (Å²) in [6.45, 7) is 6.12. The fourth-order valence-electron chi connectivity index (χ4n) is 4.04. The zero-order valence-electron chi connectivity index (χ0n) is 19.6. The quantitative estimate of drug-likeness (QED) is 0.426. The Morgan fingerprint density at radius 3 is 2.44 bits per heavy atom. The first-order valence-corrected chi connectivity index (χ1v) is 11.0. The highest BCUT2D eigenvalue weighted by Crippen LogP contribution is 2.30. The van der Waals surface area contributed by atoms with Gasteiger partial charge in [-0.1, -0.05) is 44.1 Å². The molecule has 0 radical (unpaired) electrons. The number of aryl methyl sites for hydroxylation is 1. The summed E-state index contributed by atoms with van der Waals surface area (Å²) in [5, 5.41) is 8.38. The largest absolute Gasteiger partial charge is 0.369 e. The van der Waals surface area contributed by atoms with Crippen LogP contribution in [-0.4, -0.2) is 30.4 Å². The maximum absolute atomic E-state index is 12.3. The molecular formula is C26H26N6O2. The molecule has 2 aromatic carbocycles. The molecule has 8 heteroatoms. The van der Waals surface area contributed by atoms with E-state index in [0.717, 1.165) is 39.1 Å². The summed E-state index contributed by atoms with van der Waals surface area (Å²) in [6, 6.07) is 15.6. The third-order valence-electron chi connectivity index (χ3n) is 5.96. The zero-order chi connectivity index (χ0) is 24.0. The summed E-state index contributed by atoms with van der Waals surface area (Å²) in [6.07, 6.45) is 5.61. The van der Waals surface area contributed by atoms with E-state index in [1.54, 1.807) is 11.0 Å². The molecule has 1 atom stereocenters. The van der Waals surface area contributed by atoms with Crippen molar-refractivity contribution in [2.75, 3.05) is 0 Å². The van der Waals surface area contributed by atoms with Gasteiger partial charge >= 0.3 is 0 Å². The highest BCUT2D eigenvalue weighted by Gasteiger charge is 2.28. The molecule has 34 heavy (non-hydrogen) atoms. The van der Waals surface area contributed by atoms with Crippen LogP contribution in [0.25, 0.3) is 27.8 Å². The molecule has 3 aromatic heterocycles. The van der Waals surface area contributed by atoms with Crippen LogP contribution in [0.1, 0.15) is 43.7 Å². The van der Waals surface area contributed by atoms with Crippen molar-refractivity contribution in [1.29, 1.82) is 0 Å². The monoisotopic (exact) mass is 454 g/mol. The smallest absolute Gasteiger partial charge is 0.232 e. The van der Waals surface area contributed by atoms with Crippen LogP contribution >= 0.6 is 0 Å². The van der Waals surface area contributed by atoms with Crippen molar-refractivity contribution in [1.82, 2.24) is 24.5 Å². The van der Waals surface area contributed by atoms with Crippen LogP contribution in [0, 0.1) is 0 Å². The molecule has 5 aromatic rings. The van der Waals surface area contributed by atoms with Gasteiger partial charge in [0.25, 0.3) is 0 Å². The van der Waals surface area contributed by atoms with Crippen LogP contribution < -0.4 is 5.73 Å². The Morgan fingerprint density at radius 2 is 1.82 bits per heavy atom. The lowest BCUT2D eigenvalue weighted by Gasteiger charge is -2.13. The molecule has 0 aliphatic rings. The lowest BCUT2D eigenvalue weighted by atomic mass is 9.90. The SMILES string of the molecule is Cn1cc(-c2ccc3c(c2)ncn3-c2ccc(C(C(N)=O)c3cc(C(C)(C)C)no3)cc2)cn1. The molecule has 172 valence electrons. The molecule has 0 bridgehead atoms. The number of carbonyl (C=O) groups excluding carboxylic acids is 1. The minimum absolute atomic E-state index is 0.187. The maximum atomic E-state index is 12.3. The van der Waals surface area contributed by atoms with Gasteiger partial charge in [0.15, 0.2) is 5.76 Å². The van der Waals surface area contributed by atoms with Crippen molar-refractivity contribution in [2.24, 2.45) is 12.8 Å². The van der Waals surface area contributed by atoms with E-state index in [4.69, 9.17) is 10.3 Å². The van der Waals surface area contributed by atoms with Crippen molar-refractivity contribution in [2.45, 2.75) is 32.1 Å². The van der Waals surface area contributed by atoms with E-state index in [1.807, 2.05) is 81.2 Å². The minimum Gasteiger partial charge on any atom is -0.369 e. The summed E-state index contributed by atoms with van der Waals surface area (Å²) in [7, 11) is 1.90. The molecule has 0 saturated carbocycles. The van der Waals surface area contributed by atoms with Gasteiger partial charge in [0.05, 0.1) is 22.9 Å². The van der Waals surface area contributed by atoms with E-state index in [2.05, 4.69) is 27.4 Å². The van der Waals surface area contributed by atoms with Crippen molar-refractivity contribution in [3.05, 3.63) is 84.3 Å². The molecule has 2 N–H and O–H groups in total. The molecule has 0 spiro atoms. The maximum Gasteiger partial charge on any atom is 0.232 e. The van der Waals surface area contributed by atoms with E-state index in [9.17, 15) is 4.79 Å². The third-order valence-corrected chi connectivity index (χ3v) is 5.96. The van der Waals surface area contributed by atoms with Gasteiger partial charge in [-0.25, -0.2) is 4.98 Å². The Bertz CT molecular complexity index is 1480. The standard InChI is InChI=1S/C26H26N6O2/c1-26(2,3)23-12-22(34-30-23)24(25(27)33)16-5-8-19(9-6-16)32-15-28-20-11-17(7-10-21(20)32)18-13-29-31(4)14-18/h5-15,24H,1-4H3,(H2,27,33). The Hall–Kier alpha value is -4.20. The molecule has 1 amide bonds. The molecule has 3 heterocycles. The van der Waals surface area contributed by atoms with Gasteiger partial charge in [0.1, 0.15) is 12.2 Å². The number of hydrogen-bond acceptors (Lipinski definition) is 5. The number of carbonyl (C=O) groups is 1. The first kappa shape index (κ1) is 21.6. The number of imidazole rings is 1. The second kappa shape index (κ2) is 7.98. The number of benzene rings is 2. The number of nitrogens with two attached hydrogens (primary N) is 1. The van der Waals surface area contributed by atoms with E-state index < -0.39 is 11.8 Å². The van der Waals surface area contributed by atoms with Crippen LogP contribution in [-0.2, 0) is 17.3 Å². The number of primary amides is 1. The lowest BCUT2D eigenvalue weighted by molar-refractivity contribution is -0.118. The molecule has 0 aliphatic carbocycles. The van der Waals surface area contributed by atoms with E-state index >= 15 is 0 Å². The number of nitrogens with zero attached hydrogens (tertiary/aromatic N) is 5. The van der Waals surface area contributed by atoms with Crippen molar-refractivity contribution in [3.8, 4) is 16.8 Å². The van der Waals surface area contributed by atoms with Crippen LogP contribution in [0.2, 0.25) is 0 Å². The highest BCUT2D eigenvalue weighted by atomic mass is 16.5. The summed E-state index contributed by atoms with van der Waals surface area (Å²) in [5.41, 5.74) is 12.0. The van der Waals surface area contributed by atoms with Crippen molar-refractivity contribution >= 4 is 16.9 Å². The topological polar surface area (TPSA) is 105 Å². The molecule has 8 nitrogen and oxygen atoms in total.